The Morgan fingerprint density at radius 3 is 2.57 bits per heavy atom. The molecule has 2 rings (SSSR count). The molecule has 0 amide bonds. The topological polar surface area (TPSA) is 69.7 Å². The zero-order valence-corrected chi connectivity index (χ0v) is 12.8. The van der Waals surface area contributed by atoms with Crippen LogP contribution >= 0.6 is 0 Å². The molecule has 0 spiro atoms. The summed E-state index contributed by atoms with van der Waals surface area (Å²) in [6.45, 7) is 0. The van der Waals surface area contributed by atoms with Crippen LogP contribution in [0.5, 0.6) is 0 Å². The summed E-state index contributed by atoms with van der Waals surface area (Å²) in [5, 5.41) is 0. The molecule has 1 aromatic rings. The number of rotatable bonds is 3. The van der Waals surface area contributed by atoms with E-state index in [1.807, 2.05) is 0 Å². The Morgan fingerprint density at radius 1 is 1.26 bits per heavy atom. The van der Waals surface area contributed by atoms with Gasteiger partial charge in [0.15, 0.2) is 0 Å². The van der Waals surface area contributed by atoms with E-state index in [1.54, 1.807) is 0 Å². The van der Waals surface area contributed by atoms with Crippen molar-refractivity contribution in [3.05, 3.63) is 41.0 Å². The number of allylic oxidation sites excluding steroid dienone is 1. The van der Waals surface area contributed by atoms with Crippen molar-refractivity contribution in [3.63, 3.8) is 0 Å². The lowest BCUT2D eigenvalue weighted by Crippen LogP contribution is -2.25. The zero-order valence-electron chi connectivity index (χ0n) is 12.0. The highest BCUT2D eigenvalue weighted by Gasteiger charge is 2.49. The summed E-state index contributed by atoms with van der Waals surface area (Å²) in [7, 11) is -4.54. The minimum Gasteiger partial charge on any atom is -0.465 e. The molecule has 1 aliphatic rings. The monoisotopic (exact) mass is 350 g/mol. The van der Waals surface area contributed by atoms with Crippen molar-refractivity contribution in [1.29, 1.82) is 0 Å². The van der Waals surface area contributed by atoms with Crippen molar-refractivity contribution in [1.82, 2.24) is 0 Å². The number of halogens is 3. The summed E-state index contributed by atoms with van der Waals surface area (Å²) in [6.07, 6.45) is 2.70. The van der Waals surface area contributed by atoms with E-state index in [-0.39, 0.29) is 16.9 Å². The van der Waals surface area contributed by atoms with E-state index in [1.165, 1.54) is 31.4 Å². The minimum atomic E-state index is -5.75. The third-order valence-electron chi connectivity index (χ3n) is 3.25. The van der Waals surface area contributed by atoms with Crippen LogP contribution in [0.3, 0.4) is 0 Å². The van der Waals surface area contributed by atoms with E-state index in [2.05, 4.69) is 8.92 Å². The maximum atomic E-state index is 12.5. The number of benzene rings is 1. The average Bonchev–Trinajstić information content (AvgIpc) is 2.67. The van der Waals surface area contributed by atoms with E-state index in [0.29, 0.717) is 24.8 Å². The van der Waals surface area contributed by atoms with Gasteiger partial charge in [0.1, 0.15) is 5.76 Å². The molecule has 0 atom stereocenters. The zero-order chi connectivity index (χ0) is 17.3. The molecule has 0 saturated carbocycles. The Bertz CT molecular complexity index is 750. The van der Waals surface area contributed by atoms with Gasteiger partial charge in [-0.3, -0.25) is 0 Å². The molecule has 1 aliphatic carbocycles. The Labute approximate surface area is 130 Å². The number of ether oxygens (including phenoxy) is 1. The first-order valence-electron chi connectivity index (χ1n) is 6.58. The SMILES string of the molecule is COC(=O)c1ccc2c(c1)CCCC=C2OS(=O)(=O)C(F)(F)F. The van der Waals surface area contributed by atoms with Crippen LogP contribution in [0.2, 0.25) is 0 Å². The van der Waals surface area contributed by atoms with Crippen LogP contribution in [-0.4, -0.2) is 27.0 Å². The second kappa shape index (κ2) is 6.23. The van der Waals surface area contributed by atoms with Gasteiger partial charge >= 0.3 is 21.6 Å². The van der Waals surface area contributed by atoms with E-state index in [0.717, 1.165) is 0 Å². The van der Waals surface area contributed by atoms with Crippen molar-refractivity contribution in [2.45, 2.75) is 24.8 Å². The van der Waals surface area contributed by atoms with Gasteiger partial charge in [-0.1, -0.05) is 6.07 Å². The van der Waals surface area contributed by atoms with Crippen LogP contribution < -0.4 is 0 Å². The van der Waals surface area contributed by atoms with Crippen LogP contribution in [0.15, 0.2) is 24.3 Å². The largest absolute Gasteiger partial charge is 0.534 e. The van der Waals surface area contributed by atoms with Gasteiger partial charge in [-0.15, -0.1) is 0 Å². The van der Waals surface area contributed by atoms with Crippen molar-refractivity contribution in [2.24, 2.45) is 0 Å². The highest BCUT2D eigenvalue weighted by Crippen LogP contribution is 2.33. The van der Waals surface area contributed by atoms with Crippen molar-refractivity contribution in [2.75, 3.05) is 7.11 Å². The molecule has 0 radical (unpaired) electrons. The lowest BCUT2D eigenvalue weighted by atomic mass is 10.0. The average molecular weight is 350 g/mol. The van der Waals surface area contributed by atoms with Gasteiger partial charge in [-0.05, 0) is 43.0 Å². The number of esters is 1. The number of aryl methyl sites for hydroxylation is 1. The van der Waals surface area contributed by atoms with Crippen LogP contribution in [-0.2, 0) is 25.5 Å². The van der Waals surface area contributed by atoms with Gasteiger partial charge < -0.3 is 8.92 Å². The Morgan fingerprint density at radius 2 is 1.96 bits per heavy atom. The molecule has 0 saturated heterocycles. The first-order valence-corrected chi connectivity index (χ1v) is 7.99. The number of carbonyl (C=O) groups is 1. The maximum Gasteiger partial charge on any atom is 0.534 e. The maximum absolute atomic E-state index is 12.5. The molecule has 0 aromatic heterocycles. The molecular formula is C14H13F3O5S. The number of alkyl halides is 3. The van der Waals surface area contributed by atoms with Gasteiger partial charge in [0, 0.05) is 5.56 Å². The Balaban J connectivity index is 2.42. The predicted molar refractivity (Wildman–Crippen MR) is 74.8 cm³/mol. The molecule has 0 N–H and O–H groups in total. The van der Waals surface area contributed by atoms with Crippen LogP contribution in [0.1, 0.15) is 34.3 Å². The third-order valence-corrected chi connectivity index (χ3v) is 4.22. The van der Waals surface area contributed by atoms with E-state index < -0.39 is 21.6 Å². The standard InChI is InChI=1S/C14H13F3O5S/c1-21-13(18)10-6-7-11-9(8-10)4-2-3-5-12(11)22-23(19,20)14(15,16)17/h5-8H,2-4H2,1H3. The molecular weight excluding hydrogens is 337 g/mol. The summed E-state index contributed by atoms with van der Waals surface area (Å²) in [4.78, 5) is 11.5. The smallest absolute Gasteiger partial charge is 0.465 e. The van der Waals surface area contributed by atoms with Gasteiger partial charge in [0.2, 0.25) is 0 Å². The Kier molecular flexibility index (Phi) is 4.69. The molecule has 0 unspecified atom stereocenters. The predicted octanol–water partition coefficient (Wildman–Crippen LogP) is 3.02. The van der Waals surface area contributed by atoms with E-state index >= 15 is 0 Å². The van der Waals surface area contributed by atoms with Gasteiger partial charge in [-0.25, -0.2) is 4.79 Å². The number of fused-ring (bicyclic) bond motifs is 1. The fraction of sp³-hybridized carbons (Fsp3) is 0.357. The molecule has 1 aromatic carbocycles. The number of hydrogen-bond donors (Lipinski definition) is 0. The third kappa shape index (κ3) is 3.66. The lowest BCUT2D eigenvalue weighted by molar-refractivity contribution is -0.0509. The first kappa shape index (κ1) is 17.3. The van der Waals surface area contributed by atoms with E-state index in [4.69, 9.17) is 0 Å². The number of hydrogen-bond acceptors (Lipinski definition) is 5. The molecule has 9 heteroatoms. The summed E-state index contributed by atoms with van der Waals surface area (Å²) >= 11 is 0. The highest BCUT2D eigenvalue weighted by atomic mass is 32.2. The summed E-state index contributed by atoms with van der Waals surface area (Å²) in [6, 6.07) is 4.15. The van der Waals surface area contributed by atoms with Gasteiger partial charge in [0.25, 0.3) is 0 Å². The number of carbonyl (C=O) groups excluding carboxylic acids is 1. The molecule has 0 bridgehead atoms. The highest BCUT2D eigenvalue weighted by molar-refractivity contribution is 7.87. The number of methoxy groups -OCH3 is 1. The normalized spacial score (nSPS) is 15.2. The van der Waals surface area contributed by atoms with Crippen LogP contribution in [0, 0.1) is 0 Å². The van der Waals surface area contributed by atoms with Crippen LogP contribution in [0.25, 0.3) is 5.76 Å². The van der Waals surface area contributed by atoms with Crippen molar-refractivity contribution < 1.29 is 35.3 Å². The van der Waals surface area contributed by atoms with Gasteiger partial charge in [-0.2, -0.15) is 21.6 Å². The molecule has 23 heavy (non-hydrogen) atoms. The summed E-state index contributed by atoms with van der Waals surface area (Å²) in [5.74, 6) is -0.974. The van der Waals surface area contributed by atoms with Crippen molar-refractivity contribution >= 4 is 21.8 Å². The fourth-order valence-electron chi connectivity index (χ4n) is 2.17. The molecule has 5 nitrogen and oxygen atoms in total. The molecule has 0 aliphatic heterocycles. The quantitative estimate of drug-likeness (QED) is 0.476. The summed E-state index contributed by atoms with van der Waals surface area (Å²) in [5.41, 5.74) is -4.55. The van der Waals surface area contributed by atoms with Crippen LogP contribution in [0.4, 0.5) is 13.2 Å². The molecule has 0 fully saturated rings. The minimum absolute atomic E-state index is 0.211. The fourth-order valence-corrected chi connectivity index (χ4v) is 2.65. The summed E-state index contributed by atoms with van der Waals surface area (Å²) < 4.78 is 68.7. The second-order valence-electron chi connectivity index (χ2n) is 4.81. The van der Waals surface area contributed by atoms with E-state index in [9.17, 15) is 26.4 Å². The Hall–Kier alpha value is -2.03. The first-order chi connectivity index (χ1) is 10.7. The second-order valence-corrected chi connectivity index (χ2v) is 6.35. The van der Waals surface area contributed by atoms with Gasteiger partial charge in [0.05, 0.1) is 12.7 Å². The lowest BCUT2D eigenvalue weighted by Gasteiger charge is -2.14. The van der Waals surface area contributed by atoms with Crippen molar-refractivity contribution in [3.8, 4) is 0 Å². The molecule has 126 valence electrons. The molecule has 0 heterocycles.